The van der Waals surface area contributed by atoms with Gasteiger partial charge in [-0.1, -0.05) is 32.9 Å². The van der Waals surface area contributed by atoms with E-state index in [1.165, 1.54) is 20.5 Å². The summed E-state index contributed by atoms with van der Waals surface area (Å²) in [5, 5.41) is 5.89. The van der Waals surface area contributed by atoms with Crippen molar-refractivity contribution in [2.45, 2.75) is 32.6 Å². The average molecular weight is 541 g/mol. The van der Waals surface area contributed by atoms with Crippen molar-refractivity contribution in [3.8, 4) is 23.6 Å². The van der Waals surface area contributed by atoms with Crippen LogP contribution in [0.4, 0.5) is 11.6 Å². The number of hydrogen-bond donors (Lipinski definition) is 2. The van der Waals surface area contributed by atoms with Gasteiger partial charge in [-0.3, -0.25) is 9.69 Å². The summed E-state index contributed by atoms with van der Waals surface area (Å²) < 4.78 is 27.3. The Bertz CT molecular complexity index is 1230. The quantitative estimate of drug-likeness (QED) is 0.342. The fourth-order valence-electron chi connectivity index (χ4n) is 3.94. The first-order valence-electron chi connectivity index (χ1n) is 12.9. The Morgan fingerprint density at radius 1 is 1.08 bits per heavy atom. The number of hydrogen-bond acceptors (Lipinski definition) is 11. The molecule has 3 heterocycles. The molecule has 210 valence electrons. The lowest BCUT2D eigenvalue weighted by molar-refractivity contribution is 0.0378. The van der Waals surface area contributed by atoms with Crippen LogP contribution >= 0.6 is 0 Å². The number of anilines is 2. The third-order valence-corrected chi connectivity index (χ3v) is 6.13. The number of amides is 1. The van der Waals surface area contributed by atoms with Crippen molar-refractivity contribution in [3.63, 3.8) is 0 Å². The summed E-state index contributed by atoms with van der Waals surface area (Å²) in [4.78, 5) is 28.2. The molecule has 1 aliphatic rings. The number of benzene rings is 1. The summed E-state index contributed by atoms with van der Waals surface area (Å²) in [6.45, 7) is 11.4. The minimum Gasteiger partial charge on any atom is -0.479 e. The monoisotopic (exact) mass is 540 g/mol. The lowest BCUT2D eigenvalue weighted by atomic mass is 9.87. The van der Waals surface area contributed by atoms with Crippen LogP contribution in [0.3, 0.4) is 0 Å². The van der Waals surface area contributed by atoms with E-state index in [0.717, 1.165) is 44.8 Å². The maximum atomic E-state index is 13.0. The van der Waals surface area contributed by atoms with Crippen molar-refractivity contribution in [1.29, 1.82) is 0 Å². The van der Waals surface area contributed by atoms with Crippen LogP contribution in [0.2, 0.25) is 0 Å². The van der Waals surface area contributed by atoms with Crippen molar-refractivity contribution >= 4 is 17.5 Å². The van der Waals surface area contributed by atoms with E-state index < -0.39 is 5.91 Å². The van der Waals surface area contributed by atoms with Gasteiger partial charge in [0.15, 0.2) is 11.4 Å². The van der Waals surface area contributed by atoms with Crippen molar-refractivity contribution in [1.82, 2.24) is 19.9 Å². The second-order valence-electron chi connectivity index (χ2n) is 10.0. The molecule has 0 aliphatic carbocycles. The van der Waals surface area contributed by atoms with E-state index in [9.17, 15) is 4.79 Å². The Morgan fingerprint density at radius 3 is 2.46 bits per heavy atom. The minimum absolute atomic E-state index is 0.00592. The molecule has 0 bridgehead atoms. The number of ether oxygens (including phenoxy) is 4. The van der Waals surface area contributed by atoms with Crippen molar-refractivity contribution in [3.05, 3.63) is 41.8 Å². The smallest absolute Gasteiger partial charge is 0.399 e. The number of nitrogens with one attached hydrogen (secondary N) is 2. The van der Waals surface area contributed by atoms with Gasteiger partial charge in [0.2, 0.25) is 17.7 Å². The number of carbonyl (C=O) groups excluding carboxylic acids is 1. The molecule has 0 spiro atoms. The van der Waals surface area contributed by atoms with Gasteiger partial charge >= 0.3 is 6.08 Å². The predicted octanol–water partition coefficient (Wildman–Crippen LogP) is 3.96. The molecule has 2 N–H and O–H groups in total. The van der Waals surface area contributed by atoms with E-state index in [0.29, 0.717) is 18.2 Å². The molecule has 2 aromatic heterocycles. The molecular weight excluding hydrogens is 504 g/mol. The van der Waals surface area contributed by atoms with E-state index in [1.807, 2.05) is 18.2 Å². The SMILES string of the molecule is COc1nc(NCCCN2CCOCC2)nc(OC)c1NC(=O)c1coc(Oc2cccc(C(C)(C)C)c2)n1. The number of carbonyl (C=O) groups is 1. The summed E-state index contributed by atoms with van der Waals surface area (Å²) in [5.41, 5.74) is 1.23. The zero-order valence-corrected chi connectivity index (χ0v) is 23.1. The maximum Gasteiger partial charge on any atom is 0.399 e. The van der Waals surface area contributed by atoms with Crippen LogP contribution in [0, 0.1) is 0 Å². The molecule has 1 amide bonds. The molecule has 0 saturated carbocycles. The van der Waals surface area contributed by atoms with Crippen molar-refractivity contribution in [2.24, 2.45) is 0 Å². The molecule has 0 unspecified atom stereocenters. The first-order valence-corrected chi connectivity index (χ1v) is 12.9. The second-order valence-corrected chi connectivity index (χ2v) is 10.0. The molecular formula is C27H36N6O6. The van der Waals surface area contributed by atoms with E-state index in [1.54, 1.807) is 6.07 Å². The number of aromatic nitrogens is 3. The highest BCUT2D eigenvalue weighted by atomic mass is 16.6. The Kier molecular flexibility index (Phi) is 9.20. The Balaban J connectivity index is 1.39. The molecule has 39 heavy (non-hydrogen) atoms. The highest BCUT2D eigenvalue weighted by molar-refractivity contribution is 6.04. The van der Waals surface area contributed by atoms with E-state index in [-0.39, 0.29) is 34.6 Å². The number of oxazole rings is 1. The molecule has 3 aromatic rings. The van der Waals surface area contributed by atoms with Crippen LogP contribution in [0.25, 0.3) is 0 Å². The van der Waals surface area contributed by atoms with E-state index in [2.05, 4.69) is 51.3 Å². The van der Waals surface area contributed by atoms with Crippen LogP contribution in [0.1, 0.15) is 43.2 Å². The van der Waals surface area contributed by atoms with E-state index >= 15 is 0 Å². The highest BCUT2D eigenvalue weighted by Crippen LogP contribution is 2.33. The maximum absolute atomic E-state index is 13.0. The molecule has 1 saturated heterocycles. The second kappa shape index (κ2) is 12.8. The van der Waals surface area contributed by atoms with Gasteiger partial charge < -0.3 is 34.0 Å². The van der Waals surface area contributed by atoms with Crippen LogP contribution in [0.15, 0.2) is 34.9 Å². The Labute approximate surface area is 228 Å². The first kappa shape index (κ1) is 28.1. The molecule has 12 heteroatoms. The Hall–Kier alpha value is -3.90. The summed E-state index contributed by atoms with van der Waals surface area (Å²) in [7, 11) is 2.90. The fraction of sp³-hybridized carbons (Fsp3) is 0.481. The largest absolute Gasteiger partial charge is 0.479 e. The number of nitrogens with zero attached hydrogens (tertiary/aromatic N) is 4. The van der Waals surface area contributed by atoms with Gasteiger partial charge in [0.05, 0.1) is 27.4 Å². The molecule has 1 fully saturated rings. The van der Waals surface area contributed by atoms with Crippen molar-refractivity contribution in [2.75, 3.05) is 64.2 Å². The topological polar surface area (TPSA) is 133 Å². The molecule has 0 atom stereocenters. The average Bonchev–Trinajstić information content (AvgIpc) is 3.40. The van der Waals surface area contributed by atoms with Gasteiger partial charge in [-0.2, -0.15) is 15.0 Å². The number of methoxy groups -OCH3 is 2. The predicted molar refractivity (Wildman–Crippen MR) is 145 cm³/mol. The van der Waals surface area contributed by atoms with Gasteiger partial charge in [0.25, 0.3) is 5.91 Å². The summed E-state index contributed by atoms with van der Waals surface area (Å²) in [5.74, 6) is 0.609. The fourth-order valence-corrected chi connectivity index (χ4v) is 3.94. The molecule has 1 aromatic carbocycles. The lowest BCUT2D eigenvalue weighted by Gasteiger charge is -2.26. The van der Waals surface area contributed by atoms with Crippen molar-refractivity contribution < 1.29 is 28.2 Å². The minimum atomic E-state index is -0.566. The molecule has 0 radical (unpaired) electrons. The standard InChI is InChI=1S/C27H36N6O6/c1-27(2,3)18-8-6-9-19(16-18)39-26-29-20(17-38-26)22(34)30-21-23(35-4)31-25(32-24(21)36-5)28-10-7-11-33-12-14-37-15-13-33/h6,8-9,16-17H,7,10-15H2,1-5H3,(H,30,34)(H,28,31,32). The third kappa shape index (κ3) is 7.58. The molecule has 1 aliphatic heterocycles. The third-order valence-electron chi connectivity index (χ3n) is 6.13. The highest BCUT2D eigenvalue weighted by Gasteiger charge is 2.22. The zero-order valence-electron chi connectivity index (χ0n) is 23.1. The summed E-state index contributed by atoms with van der Waals surface area (Å²) in [6, 6.07) is 7.63. The first-order chi connectivity index (χ1) is 18.8. The van der Waals surface area contributed by atoms with Crippen LogP contribution < -0.4 is 24.8 Å². The molecule has 4 rings (SSSR count). The summed E-state index contributed by atoms with van der Waals surface area (Å²) in [6.07, 6.45) is 2.06. The number of rotatable bonds is 11. The van der Waals surface area contributed by atoms with Gasteiger partial charge in [-0.05, 0) is 36.1 Å². The summed E-state index contributed by atoms with van der Waals surface area (Å²) >= 11 is 0. The lowest BCUT2D eigenvalue weighted by Crippen LogP contribution is -2.37. The zero-order chi connectivity index (χ0) is 27.8. The van der Waals surface area contributed by atoms with Crippen LogP contribution in [-0.4, -0.2) is 79.4 Å². The van der Waals surface area contributed by atoms with Gasteiger partial charge in [0.1, 0.15) is 12.0 Å². The van der Waals surface area contributed by atoms with E-state index in [4.69, 9.17) is 23.4 Å². The molecule has 12 nitrogen and oxygen atoms in total. The van der Waals surface area contributed by atoms with Gasteiger partial charge in [0, 0.05) is 19.6 Å². The van der Waals surface area contributed by atoms with Gasteiger partial charge in [-0.25, -0.2) is 0 Å². The normalized spacial score (nSPS) is 14.1. The number of morpholine rings is 1. The van der Waals surface area contributed by atoms with Gasteiger partial charge in [-0.15, -0.1) is 0 Å². The Morgan fingerprint density at radius 2 is 1.79 bits per heavy atom. The van der Waals surface area contributed by atoms with Crippen LogP contribution in [-0.2, 0) is 10.2 Å². The van der Waals surface area contributed by atoms with Crippen LogP contribution in [0.5, 0.6) is 23.6 Å².